The molecule has 96 valence electrons. The number of carboxylic acids is 1. The largest absolute Gasteiger partial charge is 0.480 e. The summed E-state index contributed by atoms with van der Waals surface area (Å²) >= 11 is 11.8. The number of benzene rings is 1. The second-order valence-electron chi connectivity index (χ2n) is 4.43. The van der Waals surface area contributed by atoms with Crippen molar-refractivity contribution < 1.29 is 14.7 Å². The molecular weight excluding hydrogens is 277 g/mol. The van der Waals surface area contributed by atoms with Crippen LogP contribution in [0.15, 0.2) is 18.2 Å². The van der Waals surface area contributed by atoms with Gasteiger partial charge in [-0.25, -0.2) is 0 Å². The number of hydrogen-bond acceptors (Lipinski definition) is 2. The number of carbonyl (C=O) groups is 2. The minimum atomic E-state index is -1.53. The van der Waals surface area contributed by atoms with Gasteiger partial charge in [-0.2, -0.15) is 0 Å². The van der Waals surface area contributed by atoms with E-state index in [4.69, 9.17) is 28.9 Å². The lowest BCUT2D eigenvalue weighted by Gasteiger charge is -2.43. The summed E-state index contributed by atoms with van der Waals surface area (Å²) < 4.78 is 0. The fourth-order valence-corrected chi connectivity index (χ4v) is 3.00. The molecule has 0 radical (unpaired) electrons. The third-order valence-corrected chi connectivity index (χ3v) is 3.97. The van der Waals surface area contributed by atoms with E-state index in [9.17, 15) is 14.7 Å². The second-order valence-corrected chi connectivity index (χ2v) is 5.31. The van der Waals surface area contributed by atoms with Crippen molar-refractivity contribution in [3.63, 3.8) is 0 Å². The fourth-order valence-electron chi connectivity index (χ4n) is 2.46. The van der Waals surface area contributed by atoms with Gasteiger partial charge in [0.1, 0.15) is 0 Å². The van der Waals surface area contributed by atoms with Gasteiger partial charge in [0.2, 0.25) is 5.91 Å². The zero-order valence-corrected chi connectivity index (χ0v) is 10.8. The van der Waals surface area contributed by atoms with Gasteiger partial charge in [-0.05, 0) is 36.6 Å². The number of hydrogen-bond donors (Lipinski definition) is 2. The van der Waals surface area contributed by atoms with E-state index >= 15 is 0 Å². The third-order valence-electron chi connectivity index (χ3n) is 3.53. The fraction of sp³-hybridized carbons (Fsp3) is 0.333. The van der Waals surface area contributed by atoms with Crippen molar-refractivity contribution in [1.29, 1.82) is 0 Å². The number of carbonyl (C=O) groups excluding carboxylic acids is 1. The number of carboxylic acid groups (broad SMARTS) is 1. The number of amides is 1. The van der Waals surface area contributed by atoms with Gasteiger partial charge in [-0.3, -0.25) is 9.59 Å². The average molecular weight is 288 g/mol. The molecule has 0 heterocycles. The summed E-state index contributed by atoms with van der Waals surface area (Å²) in [4.78, 5) is 22.8. The van der Waals surface area contributed by atoms with Crippen LogP contribution in [0.1, 0.15) is 24.3 Å². The molecule has 1 aromatic carbocycles. The molecule has 0 saturated heterocycles. The molecule has 6 heteroatoms. The van der Waals surface area contributed by atoms with Gasteiger partial charge in [-0.1, -0.05) is 23.2 Å². The summed E-state index contributed by atoms with van der Waals surface area (Å²) in [6, 6.07) is 4.80. The lowest BCUT2D eigenvalue weighted by Crippen LogP contribution is -2.54. The third kappa shape index (κ3) is 1.85. The number of primary amides is 1. The molecule has 2 unspecified atom stereocenters. The van der Waals surface area contributed by atoms with E-state index in [1.165, 1.54) is 0 Å². The molecule has 18 heavy (non-hydrogen) atoms. The maximum Gasteiger partial charge on any atom is 0.319 e. The molecule has 3 N–H and O–H groups in total. The maximum absolute atomic E-state index is 11.5. The Morgan fingerprint density at radius 1 is 1.28 bits per heavy atom. The monoisotopic (exact) mass is 287 g/mol. The number of aliphatic carboxylic acids is 1. The van der Waals surface area contributed by atoms with Crippen LogP contribution in [0.2, 0.25) is 10.0 Å². The molecular formula is C12H11Cl2NO3. The Labute approximate surface area is 114 Å². The van der Waals surface area contributed by atoms with E-state index in [1.54, 1.807) is 18.2 Å². The number of nitrogens with two attached hydrogens (primary N) is 1. The van der Waals surface area contributed by atoms with Gasteiger partial charge < -0.3 is 10.8 Å². The molecule has 1 aliphatic rings. The van der Waals surface area contributed by atoms with Gasteiger partial charge in [0.25, 0.3) is 0 Å². The molecule has 1 saturated carbocycles. The Bertz CT molecular complexity index is 496. The maximum atomic E-state index is 11.5. The van der Waals surface area contributed by atoms with Crippen LogP contribution in [0.5, 0.6) is 0 Å². The van der Waals surface area contributed by atoms with Crippen LogP contribution in [0, 0.1) is 5.41 Å². The van der Waals surface area contributed by atoms with Crippen LogP contribution in [0.3, 0.4) is 0 Å². The Morgan fingerprint density at radius 2 is 1.83 bits per heavy atom. The molecule has 0 spiro atoms. The molecule has 4 nitrogen and oxygen atoms in total. The van der Waals surface area contributed by atoms with Gasteiger partial charge in [0.05, 0.1) is 0 Å². The first-order valence-electron chi connectivity index (χ1n) is 5.37. The minimum absolute atomic E-state index is 0.243. The van der Waals surface area contributed by atoms with E-state index in [0.717, 1.165) is 0 Å². The molecule has 1 aliphatic carbocycles. The van der Waals surface area contributed by atoms with E-state index < -0.39 is 23.2 Å². The quantitative estimate of drug-likeness (QED) is 0.838. The Balaban J connectivity index is 2.45. The highest BCUT2D eigenvalue weighted by Gasteiger charge is 2.58. The van der Waals surface area contributed by atoms with Crippen LogP contribution < -0.4 is 5.73 Å². The lowest BCUT2D eigenvalue weighted by atomic mass is 9.57. The SMILES string of the molecule is NC(=O)C1(C(=O)O)CCC1c1cc(Cl)cc(Cl)c1. The van der Waals surface area contributed by atoms with E-state index in [-0.39, 0.29) is 6.42 Å². The normalized spacial score (nSPS) is 26.4. The molecule has 1 amide bonds. The van der Waals surface area contributed by atoms with Crippen LogP contribution in [-0.4, -0.2) is 17.0 Å². The highest BCUT2D eigenvalue weighted by atomic mass is 35.5. The van der Waals surface area contributed by atoms with Crippen LogP contribution in [0.4, 0.5) is 0 Å². The molecule has 0 aliphatic heterocycles. The molecule has 1 fully saturated rings. The van der Waals surface area contributed by atoms with E-state index in [0.29, 0.717) is 22.0 Å². The van der Waals surface area contributed by atoms with Crippen molar-refractivity contribution in [3.8, 4) is 0 Å². The minimum Gasteiger partial charge on any atom is -0.480 e. The molecule has 0 aromatic heterocycles. The van der Waals surface area contributed by atoms with Crippen molar-refractivity contribution in [2.75, 3.05) is 0 Å². The first-order valence-corrected chi connectivity index (χ1v) is 6.13. The summed E-state index contributed by atoms with van der Waals surface area (Å²) in [6.07, 6.45) is 0.818. The van der Waals surface area contributed by atoms with Crippen LogP contribution in [0.25, 0.3) is 0 Å². The summed E-state index contributed by atoms with van der Waals surface area (Å²) in [7, 11) is 0. The predicted octanol–water partition coefficient (Wildman–Crippen LogP) is 2.43. The first kappa shape index (κ1) is 13.2. The van der Waals surface area contributed by atoms with E-state index in [2.05, 4.69) is 0 Å². The smallest absolute Gasteiger partial charge is 0.319 e. The average Bonchev–Trinajstić information content (AvgIpc) is 2.12. The summed E-state index contributed by atoms with van der Waals surface area (Å²) in [5.74, 6) is -2.48. The van der Waals surface area contributed by atoms with Gasteiger partial charge >= 0.3 is 5.97 Å². The van der Waals surface area contributed by atoms with Crippen molar-refractivity contribution in [1.82, 2.24) is 0 Å². The number of rotatable bonds is 3. The first-order chi connectivity index (χ1) is 8.37. The lowest BCUT2D eigenvalue weighted by molar-refractivity contribution is -0.163. The van der Waals surface area contributed by atoms with Gasteiger partial charge in [0.15, 0.2) is 5.41 Å². The molecule has 2 rings (SSSR count). The van der Waals surface area contributed by atoms with Crippen molar-refractivity contribution >= 4 is 35.1 Å². The van der Waals surface area contributed by atoms with Crippen LogP contribution in [-0.2, 0) is 9.59 Å². The Kier molecular flexibility index (Phi) is 3.25. The summed E-state index contributed by atoms with van der Waals surface area (Å²) in [6.45, 7) is 0. The molecule has 1 aromatic rings. The van der Waals surface area contributed by atoms with Crippen LogP contribution >= 0.6 is 23.2 Å². The molecule has 2 atom stereocenters. The zero-order chi connectivity index (χ0) is 13.5. The van der Waals surface area contributed by atoms with Crippen molar-refractivity contribution in [2.24, 2.45) is 11.1 Å². The topological polar surface area (TPSA) is 80.4 Å². The van der Waals surface area contributed by atoms with E-state index in [1.807, 2.05) is 0 Å². The molecule has 0 bridgehead atoms. The highest BCUT2D eigenvalue weighted by molar-refractivity contribution is 6.34. The zero-order valence-electron chi connectivity index (χ0n) is 9.32. The number of halogens is 2. The Morgan fingerprint density at radius 3 is 2.17 bits per heavy atom. The summed E-state index contributed by atoms with van der Waals surface area (Å²) in [5, 5.41) is 10.1. The van der Waals surface area contributed by atoms with Gasteiger partial charge in [-0.15, -0.1) is 0 Å². The van der Waals surface area contributed by atoms with Gasteiger partial charge in [0, 0.05) is 16.0 Å². The van der Waals surface area contributed by atoms with Crippen molar-refractivity contribution in [2.45, 2.75) is 18.8 Å². The van der Waals surface area contributed by atoms with Crippen molar-refractivity contribution in [3.05, 3.63) is 33.8 Å². The summed E-state index contributed by atoms with van der Waals surface area (Å²) in [5.41, 5.74) is 4.36. The predicted molar refractivity (Wildman–Crippen MR) is 67.7 cm³/mol. The Hall–Kier alpha value is -1.26. The highest BCUT2D eigenvalue weighted by Crippen LogP contribution is 2.53. The second kappa shape index (κ2) is 4.44. The standard InChI is InChI=1S/C12H11Cl2NO3/c13-7-3-6(4-8(14)5-7)9-1-2-12(9,10(15)16)11(17)18/h3-5,9H,1-2H2,(H2,15,16)(H,17,18).